The number of nitrogens with zero attached hydrogens (tertiary/aromatic N) is 4. The summed E-state index contributed by atoms with van der Waals surface area (Å²) < 4.78 is 2.76. The van der Waals surface area contributed by atoms with Crippen LogP contribution in [0.3, 0.4) is 0 Å². The molecule has 5 rings (SSSR count). The number of aromatic nitrogens is 3. The van der Waals surface area contributed by atoms with Gasteiger partial charge in [-0.2, -0.15) is 9.61 Å². The Hall–Kier alpha value is -2.85. The van der Waals surface area contributed by atoms with E-state index in [4.69, 9.17) is 0 Å². The van der Waals surface area contributed by atoms with Gasteiger partial charge >= 0.3 is 0 Å². The van der Waals surface area contributed by atoms with Crippen LogP contribution in [0.1, 0.15) is 74.0 Å². The number of halogens is 1. The molecule has 10 nitrogen and oxygen atoms in total. The summed E-state index contributed by atoms with van der Waals surface area (Å²) in [7, 11) is 0. The molecule has 4 heterocycles. The van der Waals surface area contributed by atoms with Crippen molar-refractivity contribution >= 4 is 35.9 Å². The zero-order chi connectivity index (χ0) is 25.6. The second-order valence-electron chi connectivity index (χ2n) is 10.9. The van der Waals surface area contributed by atoms with Crippen LogP contribution in [0.5, 0.6) is 5.88 Å². The van der Waals surface area contributed by atoms with Gasteiger partial charge in [-0.3, -0.25) is 19.0 Å². The lowest BCUT2D eigenvalue weighted by Crippen LogP contribution is -2.55. The fourth-order valence-corrected chi connectivity index (χ4v) is 5.70. The molecule has 11 heteroatoms. The maximum atomic E-state index is 13.3. The van der Waals surface area contributed by atoms with Crippen molar-refractivity contribution in [2.45, 2.75) is 77.4 Å². The van der Waals surface area contributed by atoms with Crippen molar-refractivity contribution in [3.05, 3.63) is 33.3 Å². The number of aromatic hydroxyl groups is 1. The molecule has 3 fully saturated rings. The SMILES string of the molecule is Cc1nn2c(=O)c(C(=O)NC3CC3)c(O)n(CC(C)C)c2c1/C=C/C(=O)N1CCCC12CCCNC2.Cl. The number of hydrogen-bond donors (Lipinski definition) is 3. The van der Waals surface area contributed by atoms with Crippen LogP contribution in [-0.2, 0) is 11.3 Å². The third-order valence-corrected chi connectivity index (χ3v) is 7.61. The number of aryl methyl sites for hydroxylation is 1. The molecule has 1 unspecified atom stereocenters. The van der Waals surface area contributed by atoms with Gasteiger partial charge in [-0.25, -0.2) is 0 Å². The number of likely N-dealkylation sites (tertiary alicyclic amines) is 1. The van der Waals surface area contributed by atoms with Crippen LogP contribution >= 0.6 is 12.4 Å². The van der Waals surface area contributed by atoms with Crippen LogP contribution in [0.15, 0.2) is 10.9 Å². The molecule has 1 spiro atoms. The molecule has 0 aromatic carbocycles. The van der Waals surface area contributed by atoms with E-state index in [0.717, 1.165) is 58.2 Å². The summed E-state index contributed by atoms with van der Waals surface area (Å²) in [6.45, 7) is 8.65. The van der Waals surface area contributed by atoms with Crippen molar-refractivity contribution in [3.8, 4) is 5.88 Å². The minimum Gasteiger partial charge on any atom is -0.494 e. The van der Waals surface area contributed by atoms with E-state index < -0.39 is 11.5 Å². The molecule has 1 atom stereocenters. The van der Waals surface area contributed by atoms with Gasteiger partial charge in [0, 0.05) is 37.3 Å². The molecule has 3 N–H and O–H groups in total. The van der Waals surface area contributed by atoms with Gasteiger partial charge in [0.2, 0.25) is 11.8 Å². The summed E-state index contributed by atoms with van der Waals surface area (Å²) in [6, 6.07) is 0.0441. The van der Waals surface area contributed by atoms with Crippen molar-refractivity contribution in [1.29, 1.82) is 0 Å². The number of nitrogens with one attached hydrogen (secondary N) is 2. The van der Waals surface area contributed by atoms with Crippen LogP contribution in [0.2, 0.25) is 0 Å². The Labute approximate surface area is 222 Å². The topological polar surface area (TPSA) is 121 Å². The van der Waals surface area contributed by atoms with Gasteiger partial charge in [0.05, 0.1) is 11.2 Å². The molecule has 2 aromatic rings. The normalized spacial score (nSPS) is 21.8. The van der Waals surface area contributed by atoms with Gasteiger partial charge in [-0.15, -0.1) is 12.4 Å². The lowest BCUT2D eigenvalue weighted by Gasteiger charge is -2.41. The van der Waals surface area contributed by atoms with Crippen LogP contribution < -0.4 is 16.2 Å². The number of rotatable bonds is 6. The molecule has 37 heavy (non-hydrogen) atoms. The van der Waals surface area contributed by atoms with Gasteiger partial charge in [-0.1, -0.05) is 13.8 Å². The third kappa shape index (κ3) is 5.01. The summed E-state index contributed by atoms with van der Waals surface area (Å²) in [6.07, 6.45) is 9.04. The average molecular weight is 533 g/mol. The van der Waals surface area contributed by atoms with Crippen LogP contribution in [0.4, 0.5) is 0 Å². The standard InChI is InChI=1S/C26H36N6O4.ClH/c1-16(2)14-30-23-19(8-9-20(33)31-13-5-11-26(31)10-4-12-27-15-26)17(3)29-32(23)25(36)21(24(30)35)22(34)28-18-6-7-18;/h8-9,16,18,27,35H,4-7,10-15H2,1-3H3,(H,28,34);1H/b9-8+;. The Balaban J connectivity index is 0.00000320. The fourth-order valence-electron chi connectivity index (χ4n) is 5.70. The predicted octanol–water partition coefficient (Wildman–Crippen LogP) is 2.24. The van der Waals surface area contributed by atoms with Crippen molar-refractivity contribution in [1.82, 2.24) is 29.7 Å². The Bertz CT molecular complexity index is 1290. The first kappa shape index (κ1) is 27.2. The van der Waals surface area contributed by atoms with Crippen LogP contribution in [0, 0.1) is 12.8 Å². The van der Waals surface area contributed by atoms with Crippen molar-refractivity contribution in [2.75, 3.05) is 19.6 Å². The van der Waals surface area contributed by atoms with E-state index in [1.54, 1.807) is 23.6 Å². The number of fused-ring (bicyclic) bond motifs is 1. The van der Waals surface area contributed by atoms with Gasteiger partial charge < -0.3 is 20.6 Å². The molecule has 1 aliphatic carbocycles. The van der Waals surface area contributed by atoms with E-state index in [1.807, 2.05) is 18.7 Å². The van der Waals surface area contributed by atoms with Gasteiger partial charge in [0.1, 0.15) is 5.65 Å². The Kier molecular flexibility index (Phi) is 7.71. The van der Waals surface area contributed by atoms with E-state index in [0.29, 0.717) is 23.4 Å². The van der Waals surface area contributed by atoms with Gasteiger partial charge in [0.25, 0.3) is 11.5 Å². The van der Waals surface area contributed by atoms with E-state index in [2.05, 4.69) is 15.7 Å². The number of amides is 2. The Morgan fingerprint density at radius 2 is 2.00 bits per heavy atom. The molecule has 0 bridgehead atoms. The van der Waals surface area contributed by atoms with Crippen molar-refractivity contribution < 1.29 is 14.7 Å². The monoisotopic (exact) mass is 532 g/mol. The highest BCUT2D eigenvalue weighted by atomic mass is 35.5. The predicted molar refractivity (Wildman–Crippen MR) is 143 cm³/mol. The summed E-state index contributed by atoms with van der Waals surface area (Å²) >= 11 is 0. The average Bonchev–Trinajstić information content (AvgIpc) is 3.46. The first-order chi connectivity index (χ1) is 17.2. The van der Waals surface area contributed by atoms with Gasteiger partial charge in [0.15, 0.2) is 5.56 Å². The second kappa shape index (κ2) is 10.5. The van der Waals surface area contributed by atoms with Gasteiger partial charge in [-0.05, 0) is 64.0 Å². The van der Waals surface area contributed by atoms with Crippen LogP contribution in [0.25, 0.3) is 11.7 Å². The molecule has 2 aromatic heterocycles. The number of hydrogen-bond acceptors (Lipinski definition) is 6. The van der Waals surface area contributed by atoms with E-state index in [-0.39, 0.29) is 47.3 Å². The second-order valence-corrected chi connectivity index (χ2v) is 10.9. The third-order valence-electron chi connectivity index (χ3n) is 7.61. The van der Waals surface area contributed by atoms with Crippen LogP contribution in [-0.4, -0.2) is 67.2 Å². The number of carbonyl (C=O) groups is 2. The molecule has 1 saturated carbocycles. The Morgan fingerprint density at radius 1 is 1.27 bits per heavy atom. The summed E-state index contributed by atoms with van der Waals surface area (Å²) in [4.78, 5) is 41.4. The van der Waals surface area contributed by atoms with Crippen molar-refractivity contribution in [3.63, 3.8) is 0 Å². The highest BCUT2D eigenvalue weighted by molar-refractivity contribution is 5.97. The fraction of sp³-hybridized carbons (Fsp3) is 0.615. The zero-order valence-corrected chi connectivity index (χ0v) is 22.6. The first-order valence-corrected chi connectivity index (χ1v) is 13.1. The number of carbonyl (C=O) groups excluding carboxylic acids is 2. The van der Waals surface area contributed by atoms with E-state index in [9.17, 15) is 19.5 Å². The number of piperidine rings is 1. The summed E-state index contributed by atoms with van der Waals surface area (Å²) in [5, 5.41) is 21.8. The summed E-state index contributed by atoms with van der Waals surface area (Å²) in [5.41, 5.74) is 0.418. The minimum atomic E-state index is -0.665. The molecule has 2 aliphatic heterocycles. The quantitative estimate of drug-likeness (QED) is 0.491. The molecule has 0 radical (unpaired) electrons. The minimum absolute atomic E-state index is 0. The highest BCUT2D eigenvalue weighted by Crippen LogP contribution is 2.35. The lowest BCUT2D eigenvalue weighted by atomic mass is 9.87. The zero-order valence-electron chi connectivity index (χ0n) is 21.7. The highest BCUT2D eigenvalue weighted by Gasteiger charge is 2.43. The maximum absolute atomic E-state index is 13.3. The van der Waals surface area contributed by atoms with E-state index >= 15 is 0 Å². The van der Waals surface area contributed by atoms with E-state index in [1.165, 1.54) is 4.52 Å². The smallest absolute Gasteiger partial charge is 0.291 e. The largest absolute Gasteiger partial charge is 0.494 e. The first-order valence-electron chi connectivity index (χ1n) is 13.1. The maximum Gasteiger partial charge on any atom is 0.291 e. The molecule has 3 aliphatic rings. The van der Waals surface area contributed by atoms with Crippen molar-refractivity contribution in [2.24, 2.45) is 5.92 Å². The molecular weight excluding hydrogens is 496 g/mol. The molecule has 202 valence electrons. The lowest BCUT2D eigenvalue weighted by molar-refractivity contribution is -0.130. The Morgan fingerprint density at radius 3 is 2.65 bits per heavy atom. The molecular formula is C26H37ClN6O4. The molecule has 2 amide bonds. The molecule has 2 saturated heterocycles. The summed E-state index contributed by atoms with van der Waals surface area (Å²) in [5.74, 6) is -0.886.